The Morgan fingerprint density at radius 2 is 1.41 bits per heavy atom. The quantitative estimate of drug-likeness (QED) is 0.239. The van der Waals surface area contributed by atoms with Crippen molar-refractivity contribution in [2.24, 2.45) is 0 Å². The van der Waals surface area contributed by atoms with Crippen LogP contribution in [0.4, 0.5) is 17.1 Å². The zero-order chi connectivity index (χ0) is 25.2. The summed E-state index contributed by atoms with van der Waals surface area (Å²) in [6.45, 7) is 3.19. The van der Waals surface area contributed by atoms with Crippen LogP contribution in [-0.2, 0) is 20.2 Å². The lowest BCUT2D eigenvalue weighted by Gasteiger charge is -2.25. The van der Waals surface area contributed by atoms with Gasteiger partial charge >= 0.3 is 0 Å². The zero-order valence-electron chi connectivity index (χ0n) is 17.8. The number of carbonyl (C=O) groups is 2. The minimum absolute atomic E-state index is 0.0132. The third kappa shape index (κ3) is 3.76. The molecule has 3 aromatic rings. The lowest BCUT2D eigenvalue weighted by molar-refractivity contribution is 0.0977. The maximum absolute atomic E-state index is 13.5. The molecule has 0 bridgehead atoms. The average Bonchev–Trinajstić information content (AvgIpc) is 2.73. The Kier molecular flexibility index (Phi) is 5.36. The molecular formula is C22H18N2O8S2. The van der Waals surface area contributed by atoms with Gasteiger partial charge in [-0.2, -0.15) is 16.8 Å². The predicted molar refractivity (Wildman–Crippen MR) is 123 cm³/mol. The summed E-state index contributed by atoms with van der Waals surface area (Å²) in [5.41, 5.74) is 5.65. The molecule has 0 spiro atoms. The van der Waals surface area contributed by atoms with Gasteiger partial charge in [-0.1, -0.05) is 18.2 Å². The molecule has 0 aliphatic heterocycles. The van der Waals surface area contributed by atoms with Crippen LogP contribution in [0.5, 0.6) is 0 Å². The molecule has 34 heavy (non-hydrogen) atoms. The maximum Gasteiger partial charge on any atom is 0.296 e. The molecule has 0 fully saturated rings. The van der Waals surface area contributed by atoms with Gasteiger partial charge in [-0.3, -0.25) is 18.7 Å². The summed E-state index contributed by atoms with van der Waals surface area (Å²) in [5.74, 6) is -1.65. The molecule has 0 unspecified atom stereocenters. The lowest BCUT2D eigenvalue weighted by atomic mass is 9.81. The van der Waals surface area contributed by atoms with Gasteiger partial charge in [0.1, 0.15) is 9.79 Å². The Hall–Kier alpha value is -3.58. The Labute approximate surface area is 194 Å². The Bertz CT molecular complexity index is 1640. The number of fused-ring (bicyclic) bond motifs is 2. The first-order valence-corrected chi connectivity index (χ1v) is 12.6. The first kappa shape index (κ1) is 23.6. The van der Waals surface area contributed by atoms with Crippen molar-refractivity contribution in [1.29, 1.82) is 0 Å². The molecule has 4 rings (SSSR count). The smallest absolute Gasteiger partial charge is 0.296 e. The van der Waals surface area contributed by atoms with E-state index in [4.69, 9.17) is 5.73 Å². The van der Waals surface area contributed by atoms with Gasteiger partial charge in [-0.05, 0) is 49.2 Å². The average molecular weight is 503 g/mol. The molecule has 0 saturated heterocycles. The van der Waals surface area contributed by atoms with Gasteiger partial charge in [-0.15, -0.1) is 0 Å². The molecule has 0 aromatic heterocycles. The van der Waals surface area contributed by atoms with Gasteiger partial charge in [0.2, 0.25) is 0 Å². The molecule has 0 amide bonds. The molecule has 1 aliphatic rings. The molecule has 176 valence electrons. The van der Waals surface area contributed by atoms with Crippen LogP contribution in [0.15, 0.2) is 52.3 Å². The topological polar surface area (TPSA) is 181 Å². The van der Waals surface area contributed by atoms with Crippen molar-refractivity contribution in [3.05, 3.63) is 75.8 Å². The molecule has 0 atom stereocenters. The summed E-state index contributed by atoms with van der Waals surface area (Å²) in [7, 11) is -9.53. The van der Waals surface area contributed by atoms with E-state index < -0.39 is 47.2 Å². The number of ketones is 2. The van der Waals surface area contributed by atoms with Crippen LogP contribution >= 0.6 is 0 Å². The molecule has 1 aliphatic carbocycles. The number of benzene rings is 3. The molecular weight excluding hydrogens is 484 g/mol. The number of nitrogens with one attached hydrogen (secondary N) is 1. The largest absolute Gasteiger partial charge is 0.398 e. The van der Waals surface area contributed by atoms with Crippen molar-refractivity contribution in [3.8, 4) is 0 Å². The number of hydrogen-bond acceptors (Lipinski definition) is 8. The van der Waals surface area contributed by atoms with Crippen molar-refractivity contribution in [2.45, 2.75) is 23.6 Å². The summed E-state index contributed by atoms with van der Waals surface area (Å²) in [5, 5.41) is 2.76. The maximum atomic E-state index is 13.5. The minimum Gasteiger partial charge on any atom is -0.398 e. The van der Waals surface area contributed by atoms with Crippen LogP contribution in [0.1, 0.15) is 43.0 Å². The monoisotopic (exact) mass is 502 g/mol. The van der Waals surface area contributed by atoms with Crippen LogP contribution in [0.3, 0.4) is 0 Å². The van der Waals surface area contributed by atoms with E-state index in [0.29, 0.717) is 11.1 Å². The summed E-state index contributed by atoms with van der Waals surface area (Å²) < 4.78 is 66.9. The number of nitrogen functional groups attached to an aromatic ring is 1. The van der Waals surface area contributed by atoms with Gasteiger partial charge < -0.3 is 11.1 Å². The molecule has 10 nitrogen and oxygen atoms in total. The molecule has 0 radical (unpaired) electrons. The summed E-state index contributed by atoms with van der Waals surface area (Å²) >= 11 is 0. The van der Waals surface area contributed by atoms with Crippen LogP contribution in [-0.4, -0.2) is 37.5 Å². The zero-order valence-corrected chi connectivity index (χ0v) is 19.4. The Balaban J connectivity index is 2.02. The van der Waals surface area contributed by atoms with E-state index in [9.17, 15) is 35.5 Å². The summed E-state index contributed by atoms with van der Waals surface area (Å²) in [6.07, 6.45) is 0. The van der Waals surface area contributed by atoms with E-state index in [1.54, 1.807) is 19.9 Å². The minimum atomic E-state index is -4.86. The molecule has 12 heteroatoms. The standard InChI is InChI=1S/C22H18N2O8S2/c1-10-6-7-13(16(8-10)34(30,31)32)24-14-9-11(2)20(23)19-18(14)22(26)17-12(21(19)25)4-3-5-15(17)33(27,28)29/h3-9,24H,23H2,1-2H3,(H,27,28,29)(H,30,31,32). The number of nitrogens with two attached hydrogens (primary N) is 1. The summed E-state index contributed by atoms with van der Waals surface area (Å²) in [4.78, 5) is 25.6. The normalized spacial score (nSPS) is 13.4. The highest BCUT2D eigenvalue weighted by Gasteiger charge is 2.38. The van der Waals surface area contributed by atoms with E-state index in [1.165, 1.54) is 30.3 Å². The second-order valence-corrected chi connectivity index (χ2v) is 10.6. The van der Waals surface area contributed by atoms with E-state index in [-0.39, 0.29) is 33.8 Å². The van der Waals surface area contributed by atoms with Crippen molar-refractivity contribution < 1.29 is 35.5 Å². The highest BCUT2D eigenvalue weighted by Crippen LogP contribution is 2.40. The highest BCUT2D eigenvalue weighted by molar-refractivity contribution is 7.86. The first-order chi connectivity index (χ1) is 15.7. The van der Waals surface area contributed by atoms with Gasteiger partial charge in [0.15, 0.2) is 11.6 Å². The number of hydrogen-bond donors (Lipinski definition) is 4. The third-order valence-electron chi connectivity index (χ3n) is 5.49. The van der Waals surface area contributed by atoms with E-state index in [2.05, 4.69) is 5.32 Å². The van der Waals surface area contributed by atoms with Crippen molar-refractivity contribution >= 4 is 48.9 Å². The van der Waals surface area contributed by atoms with Crippen molar-refractivity contribution in [3.63, 3.8) is 0 Å². The van der Waals surface area contributed by atoms with Gasteiger partial charge in [0.05, 0.1) is 28.1 Å². The highest BCUT2D eigenvalue weighted by atomic mass is 32.2. The number of aryl methyl sites for hydroxylation is 2. The fourth-order valence-electron chi connectivity index (χ4n) is 3.92. The van der Waals surface area contributed by atoms with Crippen LogP contribution in [0.25, 0.3) is 0 Å². The molecule has 5 N–H and O–H groups in total. The Morgan fingerprint density at radius 3 is 2.03 bits per heavy atom. The lowest BCUT2D eigenvalue weighted by Crippen LogP contribution is -2.26. The predicted octanol–water partition coefficient (Wildman–Crippen LogP) is 2.90. The van der Waals surface area contributed by atoms with Gasteiger partial charge in [0.25, 0.3) is 20.2 Å². The van der Waals surface area contributed by atoms with E-state index >= 15 is 0 Å². The van der Waals surface area contributed by atoms with E-state index in [0.717, 1.165) is 6.07 Å². The second-order valence-electron chi connectivity index (χ2n) is 7.82. The summed E-state index contributed by atoms with van der Waals surface area (Å²) in [6, 6.07) is 8.99. The van der Waals surface area contributed by atoms with Crippen LogP contribution in [0.2, 0.25) is 0 Å². The Morgan fingerprint density at radius 1 is 0.765 bits per heavy atom. The van der Waals surface area contributed by atoms with Gasteiger partial charge in [-0.25, -0.2) is 0 Å². The van der Waals surface area contributed by atoms with Crippen LogP contribution < -0.4 is 11.1 Å². The number of carbonyl (C=O) groups excluding carboxylic acids is 2. The fraction of sp³-hybridized carbons (Fsp3) is 0.0909. The second kappa shape index (κ2) is 7.74. The van der Waals surface area contributed by atoms with Crippen molar-refractivity contribution in [2.75, 3.05) is 11.1 Å². The molecule has 0 saturated carbocycles. The SMILES string of the molecule is Cc1ccc(Nc2cc(C)c(N)c3c2C(=O)c2c(cccc2S(=O)(=O)O)C3=O)c(S(=O)(=O)O)c1. The number of anilines is 3. The van der Waals surface area contributed by atoms with Crippen LogP contribution in [0, 0.1) is 13.8 Å². The van der Waals surface area contributed by atoms with Gasteiger partial charge in [0, 0.05) is 11.3 Å². The first-order valence-electron chi connectivity index (χ1n) is 9.70. The number of rotatable bonds is 4. The fourth-order valence-corrected chi connectivity index (χ4v) is 5.37. The van der Waals surface area contributed by atoms with Crippen molar-refractivity contribution in [1.82, 2.24) is 0 Å². The molecule has 3 aromatic carbocycles. The van der Waals surface area contributed by atoms with E-state index in [1.807, 2.05) is 0 Å². The molecule has 0 heterocycles. The third-order valence-corrected chi connectivity index (χ3v) is 7.28.